The summed E-state index contributed by atoms with van der Waals surface area (Å²) in [5.41, 5.74) is 6.59. The first kappa shape index (κ1) is 12.3. The van der Waals surface area contributed by atoms with Gasteiger partial charge in [0.15, 0.2) is 0 Å². The summed E-state index contributed by atoms with van der Waals surface area (Å²) >= 11 is 0. The number of benzene rings is 1. The molecule has 1 aliphatic heterocycles. The van der Waals surface area contributed by atoms with E-state index in [0.29, 0.717) is 18.2 Å². The lowest BCUT2D eigenvalue weighted by Crippen LogP contribution is -2.29. The highest BCUT2D eigenvalue weighted by Crippen LogP contribution is 2.28. The van der Waals surface area contributed by atoms with Crippen molar-refractivity contribution in [3.05, 3.63) is 24.3 Å². The molecule has 0 saturated carbocycles. The van der Waals surface area contributed by atoms with Gasteiger partial charge in [0.1, 0.15) is 4.90 Å². The zero-order valence-electron chi connectivity index (χ0n) is 9.70. The highest BCUT2D eigenvalue weighted by atomic mass is 32.2. The van der Waals surface area contributed by atoms with Gasteiger partial charge in [0.2, 0.25) is 10.0 Å². The normalized spacial score (nSPS) is 25.2. The number of primary sulfonamides is 1. The first-order valence-electron chi connectivity index (χ1n) is 5.52. The third-order valence-corrected chi connectivity index (χ3v) is 4.14. The lowest BCUT2D eigenvalue weighted by molar-refractivity contribution is 0.566. The van der Waals surface area contributed by atoms with Crippen molar-refractivity contribution >= 4 is 15.7 Å². The van der Waals surface area contributed by atoms with E-state index < -0.39 is 10.0 Å². The number of nitrogens with two attached hydrogens (primary N) is 2. The van der Waals surface area contributed by atoms with Crippen molar-refractivity contribution in [3.8, 4) is 0 Å². The lowest BCUT2D eigenvalue weighted by atomic mass is 10.1. The molecule has 1 fully saturated rings. The van der Waals surface area contributed by atoms with Crippen LogP contribution in [0.4, 0.5) is 5.69 Å². The molecule has 6 heteroatoms. The van der Waals surface area contributed by atoms with Crippen LogP contribution in [0.2, 0.25) is 0 Å². The molecule has 0 spiro atoms. The van der Waals surface area contributed by atoms with Crippen LogP contribution in [-0.4, -0.2) is 27.5 Å². The number of anilines is 1. The van der Waals surface area contributed by atoms with Crippen LogP contribution in [-0.2, 0) is 10.0 Å². The molecule has 1 heterocycles. The number of rotatable bonds is 2. The molecule has 2 unspecified atom stereocenters. The first-order chi connectivity index (χ1) is 7.89. The zero-order valence-corrected chi connectivity index (χ0v) is 10.5. The van der Waals surface area contributed by atoms with E-state index in [1.165, 1.54) is 6.07 Å². The Morgan fingerprint density at radius 3 is 2.47 bits per heavy atom. The van der Waals surface area contributed by atoms with Gasteiger partial charge in [-0.25, -0.2) is 13.6 Å². The van der Waals surface area contributed by atoms with Crippen LogP contribution in [0.3, 0.4) is 0 Å². The van der Waals surface area contributed by atoms with Gasteiger partial charge >= 0.3 is 0 Å². The smallest absolute Gasteiger partial charge is 0.240 e. The standard InChI is InChI=1S/C11H17N3O2S/c1-8-6-14(7-9(8)12)10-4-2-3-5-11(10)17(13,15)16/h2-5,8-9H,6-7,12H2,1H3,(H2,13,15,16). The van der Waals surface area contributed by atoms with Crippen LogP contribution in [0.15, 0.2) is 29.2 Å². The van der Waals surface area contributed by atoms with E-state index in [1.807, 2.05) is 4.90 Å². The first-order valence-corrected chi connectivity index (χ1v) is 7.06. The summed E-state index contributed by atoms with van der Waals surface area (Å²) in [4.78, 5) is 2.15. The summed E-state index contributed by atoms with van der Waals surface area (Å²) in [6.45, 7) is 3.48. The minimum absolute atomic E-state index is 0.0727. The van der Waals surface area contributed by atoms with Crippen molar-refractivity contribution in [1.82, 2.24) is 0 Å². The zero-order chi connectivity index (χ0) is 12.6. The Kier molecular flexibility index (Phi) is 3.11. The number of para-hydroxylation sites is 1. The monoisotopic (exact) mass is 255 g/mol. The average molecular weight is 255 g/mol. The average Bonchev–Trinajstić information content (AvgIpc) is 2.58. The second-order valence-electron chi connectivity index (χ2n) is 4.56. The molecule has 1 aromatic carbocycles. The molecular formula is C11H17N3O2S. The topological polar surface area (TPSA) is 89.4 Å². The quantitative estimate of drug-likeness (QED) is 0.785. The Bertz CT molecular complexity index is 505. The predicted molar refractivity (Wildman–Crippen MR) is 67.2 cm³/mol. The van der Waals surface area contributed by atoms with Crippen LogP contribution in [0, 0.1) is 5.92 Å². The van der Waals surface area contributed by atoms with Gasteiger partial charge in [-0.1, -0.05) is 19.1 Å². The van der Waals surface area contributed by atoms with E-state index in [0.717, 1.165) is 6.54 Å². The molecule has 5 nitrogen and oxygen atoms in total. The van der Waals surface area contributed by atoms with E-state index in [4.69, 9.17) is 10.9 Å². The fraction of sp³-hybridized carbons (Fsp3) is 0.455. The van der Waals surface area contributed by atoms with Crippen molar-refractivity contribution in [2.45, 2.75) is 17.9 Å². The van der Waals surface area contributed by atoms with E-state index in [-0.39, 0.29) is 10.9 Å². The van der Waals surface area contributed by atoms with Crippen LogP contribution < -0.4 is 15.8 Å². The van der Waals surface area contributed by atoms with Gasteiger partial charge in [-0.3, -0.25) is 0 Å². The SMILES string of the molecule is CC1CN(c2ccccc2S(N)(=O)=O)CC1N. The molecule has 94 valence electrons. The molecule has 1 aromatic rings. The van der Waals surface area contributed by atoms with Crippen LogP contribution in [0.1, 0.15) is 6.92 Å². The molecular weight excluding hydrogens is 238 g/mol. The van der Waals surface area contributed by atoms with Crippen molar-refractivity contribution in [2.24, 2.45) is 16.8 Å². The lowest BCUT2D eigenvalue weighted by Gasteiger charge is -2.20. The molecule has 1 aliphatic rings. The van der Waals surface area contributed by atoms with Gasteiger partial charge in [0.05, 0.1) is 5.69 Å². The van der Waals surface area contributed by atoms with Gasteiger partial charge in [-0.05, 0) is 18.1 Å². The third-order valence-electron chi connectivity index (χ3n) is 3.18. The fourth-order valence-corrected chi connectivity index (χ4v) is 2.90. The predicted octanol–water partition coefficient (Wildman–Crippen LogP) is 0.117. The molecule has 17 heavy (non-hydrogen) atoms. The number of hydrogen-bond acceptors (Lipinski definition) is 4. The molecule has 0 amide bonds. The number of nitrogens with zero attached hydrogens (tertiary/aromatic N) is 1. The Hall–Kier alpha value is -1.11. The molecule has 0 aromatic heterocycles. The summed E-state index contributed by atoms with van der Waals surface area (Å²) in [5, 5.41) is 5.21. The van der Waals surface area contributed by atoms with Crippen molar-refractivity contribution < 1.29 is 8.42 Å². The summed E-state index contributed by atoms with van der Waals surface area (Å²) in [6, 6.07) is 6.84. The number of hydrogen-bond donors (Lipinski definition) is 2. The fourth-order valence-electron chi connectivity index (χ4n) is 2.15. The maximum atomic E-state index is 11.5. The van der Waals surface area contributed by atoms with E-state index >= 15 is 0 Å². The Balaban J connectivity index is 2.40. The molecule has 2 atom stereocenters. The summed E-state index contributed by atoms with van der Waals surface area (Å²) in [6.07, 6.45) is 0. The minimum Gasteiger partial charge on any atom is -0.369 e. The van der Waals surface area contributed by atoms with Crippen LogP contribution >= 0.6 is 0 Å². The third kappa shape index (κ3) is 2.43. The molecule has 0 aliphatic carbocycles. The van der Waals surface area contributed by atoms with Crippen molar-refractivity contribution in [1.29, 1.82) is 0 Å². The van der Waals surface area contributed by atoms with Gasteiger partial charge < -0.3 is 10.6 Å². The largest absolute Gasteiger partial charge is 0.369 e. The maximum Gasteiger partial charge on any atom is 0.240 e. The summed E-state index contributed by atoms with van der Waals surface area (Å²) < 4.78 is 23.0. The Morgan fingerprint density at radius 2 is 1.94 bits per heavy atom. The van der Waals surface area contributed by atoms with E-state index in [2.05, 4.69) is 6.92 Å². The van der Waals surface area contributed by atoms with Gasteiger partial charge in [-0.2, -0.15) is 0 Å². The molecule has 4 N–H and O–H groups in total. The summed E-state index contributed by atoms with van der Waals surface area (Å²) in [5.74, 6) is 0.350. The molecule has 1 saturated heterocycles. The van der Waals surface area contributed by atoms with Crippen molar-refractivity contribution in [3.63, 3.8) is 0 Å². The Morgan fingerprint density at radius 1 is 1.29 bits per heavy atom. The van der Waals surface area contributed by atoms with Gasteiger partial charge in [0.25, 0.3) is 0 Å². The Labute approximate surface area is 101 Å². The molecule has 2 rings (SSSR count). The molecule has 0 radical (unpaired) electrons. The highest BCUT2D eigenvalue weighted by molar-refractivity contribution is 7.89. The van der Waals surface area contributed by atoms with E-state index in [9.17, 15) is 8.42 Å². The molecule has 0 bridgehead atoms. The van der Waals surface area contributed by atoms with E-state index in [1.54, 1.807) is 18.2 Å². The van der Waals surface area contributed by atoms with Crippen LogP contribution in [0.5, 0.6) is 0 Å². The number of sulfonamides is 1. The maximum absolute atomic E-state index is 11.5. The second kappa shape index (κ2) is 4.29. The van der Waals surface area contributed by atoms with Gasteiger partial charge in [0, 0.05) is 19.1 Å². The van der Waals surface area contributed by atoms with Gasteiger partial charge in [-0.15, -0.1) is 0 Å². The minimum atomic E-state index is -3.69. The highest BCUT2D eigenvalue weighted by Gasteiger charge is 2.29. The second-order valence-corrected chi connectivity index (χ2v) is 6.09. The van der Waals surface area contributed by atoms with Crippen molar-refractivity contribution in [2.75, 3.05) is 18.0 Å². The summed E-state index contributed by atoms with van der Waals surface area (Å²) in [7, 11) is -3.69. The van der Waals surface area contributed by atoms with Crippen LogP contribution in [0.25, 0.3) is 0 Å².